The van der Waals surface area contributed by atoms with Crippen LogP contribution < -0.4 is 5.32 Å². The predicted octanol–water partition coefficient (Wildman–Crippen LogP) is 4.99. The number of esters is 1. The summed E-state index contributed by atoms with van der Waals surface area (Å²) < 4.78 is 34.1. The first-order valence-electron chi connectivity index (χ1n) is 9.08. The van der Waals surface area contributed by atoms with Gasteiger partial charge in [0.25, 0.3) is 5.91 Å². The van der Waals surface area contributed by atoms with Gasteiger partial charge in [-0.1, -0.05) is 30.3 Å². The van der Waals surface area contributed by atoms with Crippen molar-refractivity contribution in [3.63, 3.8) is 0 Å². The molecule has 0 aliphatic carbocycles. The fraction of sp³-hybridized carbons (Fsp3) is 0.182. The van der Waals surface area contributed by atoms with Crippen molar-refractivity contribution >= 4 is 33.5 Å². The second-order valence-electron chi connectivity index (χ2n) is 6.73. The van der Waals surface area contributed by atoms with Gasteiger partial charge in [-0.05, 0) is 47.5 Å². The number of nitrogens with zero attached hydrogens (tertiary/aromatic N) is 1. The van der Waals surface area contributed by atoms with Crippen molar-refractivity contribution in [3.05, 3.63) is 87.2 Å². The Labute approximate surface area is 180 Å². The van der Waals surface area contributed by atoms with Crippen LogP contribution in [-0.2, 0) is 16.1 Å². The molecule has 8 heteroatoms. The molecule has 156 valence electrons. The maximum absolute atomic E-state index is 13.8. The predicted molar refractivity (Wildman–Crippen MR) is 112 cm³/mol. The second-order valence-corrected chi connectivity index (χ2v) is 7.58. The highest BCUT2D eigenvalue weighted by Gasteiger charge is 2.19. The molecule has 1 amide bonds. The van der Waals surface area contributed by atoms with Gasteiger partial charge in [0.15, 0.2) is 12.4 Å². The highest BCUT2D eigenvalue weighted by Crippen LogP contribution is 2.26. The molecule has 5 nitrogen and oxygen atoms in total. The van der Waals surface area contributed by atoms with Crippen LogP contribution in [0.25, 0.3) is 0 Å². The topological polar surface area (TPSA) is 60.3 Å². The molecular formula is C22H19BrF2N2O3. The monoisotopic (exact) mass is 476 g/mol. The van der Waals surface area contributed by atoms with E-state index < -0.39 is 30.1 Å². The summed E-state index contributed by atoms with van der Waals surface area (Å²) in [6.45, 7) is 3.68. The first-order chi connectivity index (χ1) is 14.3. The maximum Gasteiger partial charge on any atom is 0.340 e. The zero-order valence-electron chi connectivity index (χ0n) is 16.3. The fourth-order valence-corrected chi connectivity index (χ4v) is 3.57. The number of benzene rings is 2. The molecule has 0 aliphatic heterocycles. The molecule has 0 spiro atoms. The summed E-state index contributed by atoms with van der Waals surface area (Å²) >= 11 is 2.99. The second kappa shape index (κ2) is 9.21. The third-order valence-corrected chi connectivity index (χ3v) is 5.21. The van der Waals surface area contributed by atoms with Gasteiger partial charge in [-0.3, -0.25) is 4.79 Å². The molecule has 0 radical (unpaired) electrons. The number of aryl methyl sites for hydroxylation is 1. The third kappa shape index (κ3) is 4.94. The number of aromatic nitrogens is 1. The van der Waals surface area contributed by atoms with Gasteiger partial charge >= 0.3 is 5.97 Å². The number of carbonyl (C=O) groups is 2. The summed E-state index contributed by atoms with van der Waals surface area (Å²) in [6, 6.07) is 13.2. The summed E-state index contributed by atoms with van der Waals surface area (Å²) in [5, 5.41) is 2.27. The van der Waals surface area contributed by atoms with Gasteiger partial charge < -0.3 is 14.6 Å². The lowest BCUT2D eigenvalue weighted by Gasteiger charge is -2.11. The van der Waals surface area contributed by atoms with Crippen molar-refractivity contribution in [2.75, 3.05) is 11.9 Å². The van der Waals surface area contributed by atoms with Crippen molar-refractivity contribution in [3.8, 4) is 0 Å². The molecule has 0 saturated heterocycles. The van der Waals surface area contributed by atoms with Crippen molar-refractivity contribution < 1.29 is 23.1 Å². The summed E-state index contributed by atoms with van der Waals surface area (Å²) in [5.74, 6) is -3.12. The number of hydrogen-bond acceptors (Lipinski definition) is 3. The number of carbonyl (C=O) groups excluding carboxylic acids is 2. The number of ether oxygens (including phenoxy) is 1. The van der Waals surface area contributed by atoms with E-state index in [1.54, 1.807) is 13.0 Å². The van der Waals surface area contributed by atoms with E-state index >= 15 is 0 Å². The van der Waals surface area contributed by atoms with Crippen molar-refractivity contribution in [2.45, 2.75) is 20.4 Å². The van der Waals surface area contributed by atoms with Crippen molar-refractivity contribution in [2.24, 2.45) is 0 Å². The smallest absolute Gasteiger partial charge is 0.340 e. The normalized spacial score (nSPS) is 10.7. The van der Waals surface area contributed by atoms with Crippen molar-refractivity contribution in [1.82, 2.24) is 4.57 Å². The van der Waals surface area contributed by atoms with Crippen LogP contribution in [0.4, 0.5) is 14.5 Å². The third-order valence-electron chi connectivity index (χ3n) is 4.58. The maximum atomic E-state index is 13.8. The number of hydrogen-bond donors (Lipinski definition) is 1. The number of halogens is 3. The van der Waals surface area contributed by atoms with E-state index in [4.69, 9.17) is 4.74 Å². The Bertz CT molecular complexity index is 1070. The molecular weight excluding hydrogens is 458 g/mol. The average molecular weight is 477 g/mol. The van der Waals surface area contributed by atoms with Crippen LogP contribution in [0.15, 0.2) is 53.0 Å². The molecule has 0 aliphatic rings. The van der Waals surface area contributed by atoms with Gasteiger partial charge in [0.05, 0.1) is 11.3 Å². The highest BCUT2D eigenvalue weighted by molar-refractivity contribution is 9.10. The Kier molecular flexibility index (Phi) is 6.66. The molecule has 2 aromatic carbocycles. The van der Waals surface area contributed by atoms with Crippen molar-refractivity contribution in [1.29, 1.82) is 0 Å². The minimum atomic E-state index is -0.939. The highest BCUT2D eigenvalue weighted by atomic mass is 79.9. The summed E-state index contributed by atoms with van der Waals surface area (Å²) in [6.07, 6.45) is 0. The molecule has 1 aromatic heterocycles. The van der Waals surface area contributed by atoms with Crippen LogP contribution in [0.5, 0.6) is 0 Å². The van der Waals surface area contributed by atoms with Gasteiger partial charge in [-0.25, -0.2) is 13.6 Å². The van der Waals surface area contributed by atoms with Gasteiger partial charge in [-0.2, -0.15) is 0 Å². The Morgan fingerprint density at radius 3 is 2.47 bits per heavy atom. The Morgan fingerprint density at radius 2 is 1.80 bits per heavy atom. The first-order valence-corrected chi connectivity index (χ1v) is 9.87. The number of rotatable bonds is 6. The van der Waals surface area contributed by atoms with Crippen LogP contribution in [0.1, 0.15) is 27.3 Å². The lowest BCUT2D eigenvalue weighted by molar-refractivity contribution is -0.119. The van der Waals surface area contributed by atoms with Gasteiger partial charge in [0.1, 0.15) is 5.82 Å². The average Bonchev–Trinajstić information content (AvgIpc) is 2.98. The first kappa shape index (κ1) is 21.7. The van der Waals surface area contributed by atoms with E-state index in [0.717, 1.165) is 17.3 Å². The molecule has 3 aromatic rings. The van der Waals surface area contributed by atoms with E-state index in [-0.39, 0.29) is 10.2 Å². The van der Waals surface area contributed by atoms with Gasteiger partial charge in [-0.15, -0.1) is 0 Å². The summed E-state index contributed by atoms with van der Waals surface area (Å²) in [7, 11) is 0. The van der Waals surface area contributed by atoms with E-state index in [9.17, 15) is 18.4 Å². The molecule has 1 N–H and O–H groups in total. The Balaban J connectivity index is 1.65. The molecule has 0 bridgehead atoms. The lowest BCUT2D eigenvalue weighted by atomic mass is 10.2. The van der Waals surface area contributed by atoms with Crippen LogP contribution in [0.3, 0.4) is 0 Å². The van der Waals surface area contributed by atoms with Crippen LogP contribution in [0, 0.1) is 25.5 Å². The minimum Gasteiger partial charge on any atom is -0.452 e. The zero-order chi connectivity index (χ0) is 21.8. The summed E-state index contributed by atoms with van der Waals surface area (Å²) in [4.78, 5) is 24.5. The number of nitrogens with one attached hydrogen (secondary N) is 1. The molecule has 0 fully saturated rings. The van der Waals surface area contributed by atoms with Crippen LogP contribution in [0.2, 0.25) is 0 Å². The fourth-order valence-electron chi connectivity index (χ4n) is 3.06. The SMILES string of the molecule is Cc1cc(C(=O)OCC(=O)Nc2c(F)cc(F)cc2Br)c(C)n1Cc1ccccc1. The van der Waals surface area contributed by atoms with E-state index in [1.807, 2.05) is 41.8 Å². The van der Waals surface area contributed by atoms with E-state index in [1.165, 1.54) is 0 Å². The quantitative estimate of drug-likeness (QED) is 0.509. The minimum absolute atomic E-state index is 0.0455. The van der Waals surface area contributed by atoms with E-state index in [2.05, 4.69) is 21.2 Å². The lowest BCUT2D eigenvalue weighted by Crippen LogP contribution is -2.22. The number of amides is 1. The standard InChI is InChI=1S/C22H19BrF2N2O3/c1-13-8-17(14(2)27(13)11-15-6-4-3-5-7-15)22(29)30-12-20(28)26-21-18(23)9-16(24)10-19(21)25/h3-10H,11-12H2,1-2H3,(H,26,28). The van der Waals surface area contributed by atoms with Gasteiger partial charge in [0, 0.05) is 28.5 Å². The molecule has 30 heavy (non-hydrogen) atoms. The Morgan fingerprint density at radius 1 is 1.10 bits per heavy atom. The summed E-state index contributed by atoms with van der Waals surface area (Å²) in [5.41, 5.74) is 2.81. The number of anilines is 1. The van der Waals surface area contributed by atoms with Gasteiger partial charge in [0.2, 0.25) is 0 Å². The molecule has 3 rings (SSSR count). The van der Waals surface area contributed by atoms with E-state index in [0.29, 0.717) is 23.9 Å². The molecule has 0 saturated carbocycles. The molecule has 0 atom stereocenters. The largest absolute Gasteiger partial charge is 0.452 e. The van der Waals surface area contributed by atoms with Crippen LogP contribution >= 0.6 is 15.9 Å². The molecule has 1 heterocycles. The van der Waals surface area contributed by atoms with Crippen LogP contribution in [-0.4, -0.2) is 23.1 Å². The zero-order valence-corrected chi connectivity index (χ0v) is 17.9. The molecule has 0 unspecified atom stereocenters. The Hall–Kier alpha value is -3.00.